The third-order valence-electron chi connectivity index (χ3n) is 3.23. The second-order valence-corrected chi connectivity index (χ2v) is 5.15. The topological polar surface area (TPSA) is 111 Å². The number of hydrogen-bond donors (Lipinski definition) is 2. The van der Waals surface area contributed by atoms with Crippen molar-refractivity contribution in [2.45, 2.75) is 39.0 Å². The number of carbonyl (C=O) groups excluding carboxylic acids is 2. The largest absolute Gasteiger partial charge is 0.466 e. The van der Waals surface area contributed by atoms with Crippen LogP contribution < -0.4 is 10.6 Å². The minimum Gasteiger partial charge on any atom is -0.466 e. The van der Waals surface area contributed by atoms with Gasteiger partial charge in [-0.1, -0.05) is 12.8 Å². The molecule has 1 aromatic rings. The Kier molecular flexibility index (Phi) is 8.88. The second kappa shape index (κ2) is 11.0. The lowest BCUT2D eigenvalue weighted by Crippen LogP contribution is -2.29. The summed E-state index contributed by atoms with van der Waals surface area (Å²) in [6.45, 7) is 2.72. The van der Waals surface area contributed by atoms with E-state index in [4.69, 9.17) is 4.74 Å². The van der Waals surface area contributed by atoms with Crippen molar-refractivity contribution in [1.29, 1.82) is 0 Å². The Bertz CT molecular complexity index is 545. The molecule has 2 N–H and O–H groups in total. The monoisotopic (exact) mass is 337 g/mol. The molecule has 0 unspecified atom stereocenters. The first-order valence-corrected chi connectivity index (χ1v) is 7.98. The summed E-state index contributed by atoms with van der Waals surface area (Å²) in [7, 11) is 0. The van der Waals surface area contributed by atoms with Crippen LogP contribution in [0.5, 0.6) is 0 Å². The Morgan fingerprint density at radius 3 is 2.42 bits per heavy atom. The number of nitrogens with zero attached hydrogens (tertiary/aromatic N) is 1. The summed E-state index contributed by atoms with van der Waals surface area (Å²) in [5.74, 6) is -0.168. The summed E-state index contributed by atoms with van der Waals surface area (Å²) in [6.07, 6.45) is 3.86. The summed E-state index contributed by atoms with van der Waals surface area (Å²) in [6, 6.07) is 5.27. The van der Waals surface area contributed by atoms with Gasteiger partial charge in [-0.05, 0) is 31.9 Å². The summed E-state index contributed by atoms with van der Waals surface area (Å²) in [4.78, 5) is 32.8. The smallest absolute Gasteiger partial charge is 0.319 e. The van der Waals surface area contributed by atoms with Crippen LogP contribution in [0.25, 0.3) is 0 Å². The molecule has 132 valence electrons. The number of urea groups is 1. The van der Waals surface area contributed by atoms with E-state index in [1.54, 1.807) is 6.92 Å². The van der Waals surface area contributed by atoms with Gasteiger partial charge in [-0.15, -0.1) is 0 Å². The number of non-ortho nitro benzene ring substituents is 1. The molecule has 0 aromatic heterocycles. The third kappa shape index (κ3) is 8.11. The van der Waals surface area contributed by atoms with E-state index in [1.807, 2.05) is 0 Å². The van der Waals surface area contributed by atoms with Crippen LogP contribution in [0.2, 0.25) is 0 Å². The van der Waals surface area contributed by atoms with Crippen molar-refractivity contribution in [1.82, 2.24) is 5.32 Å². The molecular weight excluding hydrogens is 314 g/mol. The Hall–Kier alpha value is -2.64. The summed E-state index contributed by atoms with van der Waals surface area (Å²) in [5, 5.41) is 15.9. The highest BCUT2D eigenvalue weighted by atomic mass is 16.6. The number of nitro benzene ring substituents is 1. The maximum Gasteiger partial charge on any atom is 0.319 e. The molecule has 0 heterocycles. The average molecular weight is 337 g/mol. The van der Waals surface area contributed by atoms with Gasteiger partial charge in [-0.2, -0.15) is 0 Å². The number of carbonyl (C=O) groups is 2. The quantitative estimate of drug-likeness (QED) is 0.295. The van der Waals surface area contributed by atoms with Gasteiger partial charge in [0.15, 0.2) is 0 Å². The van der Waals surface area contributed by atoms with Gasteiger partial charge in [0.25, 0.3) is 5.69 Å². The first-order valence-electron chi connectivity index (χ1n) is 7.98. The average Bonchev–Trinajstić information content (AvgIpc) is 2.54. The zero-order valence-corrected chi connectivity index (χ0v) is 13.7. The number of amides is 2. The lowest BCUT2D eigenvalue weighted by molar-refractivity contribution is -0.384. The van der Waals surface area contributed by atoms with Gasteiger partial charge in [-0.3, -0.25) is 14.9 Å². The molecule has 1 aromatic carbocycles. The van der Waals surface area contributed by atoms with Crippen LogP contribution in [0.4, 0.5) is 16.2 Å². The van der Waals surface area contributed by atoms with Crippen molar-refractivity contribution in [2.24, 2.45) is 0 Å². The van der Waals surface area contributed by atoms with Crippen LogP contribution in [-0.2, 0) is 9.53 Å². The molecule has 0 atom stereocenters. The van der Waals surface area contributed by atoms with Crippen molar-refractivity contribution in [3.63, 3.8) is 0 Å². The summed E-state index contributed by atoms with van der Waals surface area (Å²) >= 11 is 0. The lowest BCUT2D eigenvalue weighted by atomic mass is 10.1. The molecule has 0 saturated carbocycles. The Labute approximate surface area is 140 Å². The van der Waals surface area contributed by atoms with Crippen LogP contribution in [-0.4, -0.2) is 30.1 Å². The number of ether oxygens (including phenoxy) is 1. The molecule has 0 aliphatic rings. The van der Waals surface area contributed by atoms with Gasteiger partial charge in [0.2, 0.25) is 0 Å². The van der Waals surface area contributed by atoms with Gasteiger partial charge >= 0.3 is 12.0 Å². The van der Waals surface area contributed by atoms with E-state index in [1.165, 1.54) is 24.3 Å². The maximum atomic E-state index is 11.7. The Morgan fingerprint density at radius 1 is 1.12 bits per heavy atom. The van der Waals surface area contributed by atoms with E-state index in [2.05, 4.69) is 10.6 Å². The Morgan fingerprint density at radius 2 is 1.79 bits per heavy atom. The molecule has 0 fully saturated rings. The number of nitrogens with one attached hydrogen (secondary N) is 2. The normalized spacial score (nSPS) is 10.0. The minimum atomic E-state index is -0.494. The molecular formula is C16H23N3O5. The number of hydrogen-bond acceptors (Lipinski definition) is 5. The maximum absolute atomic E-state index is 11.7. The number of nitro groups is 1. The molecule has 0 spiro atoms. The Balaban J connectivity index is 2.09. The van der Waals surface area contributed by atoms with E-state index < -0.39 is 4.92 Å². The van der Waals surface area contributed by atoms with Gasteiger partial charge < -0.3 is 15.4 Å². The standard InChI is InChI=1S/C16H23N3O5/c1-2-24-15(20)7-5-3-4-6-12-17-16(21)18-13-8-10-14(11-9-13)19(22)23/h8-11H,2-7,12H2,1H3,(H2,17,18,21). The molecule has 0 saturated heterocycles. The zero-order valence-electron chi connectivity index (χ0n) is 13.7. The van der Waals surface area contributed by atoms with E-state index >= 15 is 0 Å². The number of benzene rings is 1. The molecule has 2 amide bonds. The SMILES string of the molecule is CCOC(=O)CCCCCCNC(=O)Nc1ccc([N+](=O)[O-])cc1. The first kappa shape index (κ1) is 19.4. The fraction of sp³-hybridized carbons (Fsp3) is 0.500. The lowest BCUT2D eigenvalue weighted by Gasteiger charge is -2.07. The zero-order chi connectivity index (χ0) is 17.8. The highest BCUT2D eigenvalue weighted by Crippen LogP contribution is 2.15. The summed E-state index contributed by atoms with van der Waals surface area (Å²) < 4.78 is 4.84. The van der Waals surface area contributed by atoms with Gasteiger partial charge in [0, 0.05) is 30.8 Å². The second-order valence-electron chi connectivity index (χ2n) is 5.15. The van der Waals surface area contributed by atoms with E-state index in [9.17, 15) is 19.7 Å². The predicted octanol–water partition coefficient (Wildman–Crippen LogP) is 3.23. The fourth-order valence-electron chi connectivity index (χ4n) is 2.02. The van der Waals surface area contributed by atoms with Gasteiger partial charge in [0.05, 0.1) is 11.5 Å². The number of unbranched alkanes of at least 4 members (excludes halogenated alkanes) is 3. The third-order valence-corrected chi connectivity index (χ3v) is 3.23. The molecule has 1 rings (SSSR count). The highest BCUT2D eigenvalue weighted by Gasteiger charge is 2.06. The summed E-state index contributed by atoms with van der Waals surface area (Å²) in [5.41, 5.74) is 0.469. The molecule has 8 nitrogen and oxygen atoms in total. The predicted molar refractivity (Wildman–Crippen MR) is 89.8 cm³/mol. The molecule has 8 heteroatoms. The van der Waals surface area contributed by atoms with Crippen LogP contribution in [0.3, 0.4) is 0 Å². The molecule has 24 heavy (non-hydrogen) atoms. The fourth-order valence-corrected chi connectivity index (χ4v) is 2.02. The number of anilines is 1. The van der Waals surface area contributed by atoms with Crippen molar-refractivity contribution in [2.75, 3.05) is 18.5 Å². The molecule has 0 aliphatic carbocycles. The van der Waals surface area contributed by atoms with Crippen molar-refractivity contribution in [3.05, 3.63) is 34.4 Å². The van der Waals surface area contributed by atoms with Crippen LogP contribution in [0.1, 0.15) is 39.0 Å². The van der Waals surface area contributed by atoms with Crippen LogP contribution in [0.15, 0.2) is 24.3 Å². The minimum absolute atomic E-state index is 0.0243. The highest BCUT2D eigenvalue weighted by molar-refractivity contribution is 5.89. The first-order chi connectivity index (χ1) is 11.5. The molecule has 0 bridgehead atoms. The van der Waals surface area contributed by atoms with Crippen molar-refractivity contribution >= 4 is 23.4 Å². The van der Waals surface area contributed by atoms with Crippen LogP contribution >= 0.6 is 0 Å². The van der Waals surface area contributed by atoms with E-state index in [0.717, 1.165) is 25.7 Å². The van der Waals surface area contributed by atoms with Crippen molar-refractivity contribution < 1.29 is 19.2 Å². The van der Waals surface area contributed by atoms with E-state index in [-0.39, 0.29) is 17.7 Å². The number of esters is 1. The molecule has 0 radical (unpaired) electrons. The van der Waals surface area contributed by atoms with Gasteiger partial charge in [-0.25, -0.2) is 4.79 Å². The van der Waals surface area contributed by atoms with E-state index in [0.29, 0.717) is 25.3 Å². The van der Waals surface area contributed by atoms with Crippen LogP contribution in [0, 0.1) is 10.1 Å². The van der Waals surface area contributed by atoms with Gasteiger partial charge in [0.1, 0.15) is 0 Å². The molecule has 0 aliphatic heterocycles. The van der Waals surface area contributed by atoms with Crippen molar-refractivity contribution in [3.8, 4) is 0 Å². The number of rotatable bonds is 10.